The van der Waals surface area contributed by atoms with Crippen LogP contribution in [0.4, 0.5) is 5.69 Å². The number of nitrogens with zero attached hydrogens (tertiary/aromatic N) is 4. The van der Waals surface area contributed by atoms with Gasteiger partial charge in [0.15, 0.2) is 17.3 Å². The molecule has 2 amide bonds. The van der Waals surface area contributed by atoms with Crippen molar-refractivity contribution in [1.82, 2.24) is 15.0 Å². The Balaban J connectivity index is 1.37. The molecule has 2 fully saturated rings. The van der Waals surface area contributed by atoms with Gasteiger partial charge in [0.25, 0.3) is 0 Å². The summed E-state index contributed by atoms with van der Waals surface area (Å²) < 4.78 is 15.9. The molecule has 0 bridgehead atoms. The molecule has 9 heteroatoms. The van der Waals surface area contributed by atoms with Crippen LogP contribution in [0.3, 0.4) is 0 Å². The summed E-state index contributed by atoms with van der Waals surface area (Å²) in [5.41, 5.74) is 0.708. The number of benzene rings is 1. The van der Waals surface area contributed by atoms with Gasteiger partial charge in [-0.15, -0.1) is 0 Å². The maximum absolute atomic E-state index is 13.1. The minimum atomic E-state index is -0.343. The van der Waals surface area contributed by atoms with Crippen molar-refractivity contribution in [2.45, 2.75) is 44.9 Å². The Hall–Kier alpha value is -3.10. The predicted octanol–water partition coefficient (Wildman–Crippen LogP) is 2.97. The van der Waals surface area contributed by atoms with Crippen LogP contribution in [0.5, 0.6) is 11.5 Å². The second-order valence-corrected chi connectivity index (χ2v) is 8.69. The number of amides is 2. The number of ether oxygens (including phenoxy) is 2. The molecule has 2 aliphatic heterocycles. The molecule has 32 heavy (non-hydrogen) atoms. The van der Waals surface area contributed by atoms with Crippen LogP contribution in [0, 0.1) is 5.92 Å². The summed E-state index contributed by atoms with van der Waals surface area (Å²) in [6.07, 6.45) is 1.81. The second kappa shape index (κ2) is 9.18. The molecule has 172 valence electrons. The molecule has 1 aromatic heterocycles. The van der Waals surface area contributed by atoms with Crippen LogP contribution in [-0.4, -0.2) is 60.7 Å². The van der Waals surface area contributed by atoms with Gasteiger partial charge in [-0.25, -0.2) is 0 Å². The van der Waals surface area contributed by atoms with Gasteiger partial charge in [-0.3, -0.25) is 9.59 Å². The number of anilines is 1. The van der Waals surface area contributed by atoms with E-state index in [0.29, 0.717) is 42.7 Å². The molecule has 0 saturated carbocycles. The zero-order valence-corrected chi connectivity index (χ0v) is 19.0. The van der Waals surface area contributed by atoms with Crippen LogP contribution < -0.4 is 14.4 Å². The Bertz CT molecular complexity index is 981. The van der Waals surface area contributed by atoms with E-state index < -0.39 is 0 Å². The summed E-state index contributed by atoms with van der Waals surface area (Å²) in [4.78, 5) is 33.8. The fourth-order valence-electron chi connectivity index (χ4n) is 4.38. The average molecular weight is 443 g/mol. The third-order valence-electron chi connectivity index (χ3n) is 6.28. The Morgan fingerprint density at radius 2 is 1.88 bits per heavy atom. The van der Waals surface area contributed by atoms with Crippen LogP contribution in [0.25, 0.3) is 0 Å². The van der Waals surface area contributed by atoms with Gasteiger partial charge in [0.05, 0.1) is 20.1 Å². The molecule has 0 aliphatic carbocycles. The number of piperidine rings is 1. The van der Waals surface area contributed by atoms with Crippen LogP contribution >= 0.6 is 0 Å². The van der Waals surface area contributed by atoms with E-state index in [4.69, 9.17) is 14.0 Å². The summed E-state index contributed by atoms with van der Waals surface area (Å²) in [5.74, 6) is 2.57. The first-order chi connectivity index (χ1) is 15.4. The summed E-state index contributed by atoms with van der Waals surface area (Å²) in [6.45, 7) is 5.68. The van der Waals surface area contributed by atoms with Crippen LogP contribution in [0.1, 0.15) is 56.7 Å². The number of likely N-dealkylation sites (tertiary alicyclic amines) is 1. The molecule has 3 heterocycles. The topological polar surface area (TPSA) is 98.0 Å². The predicted molar refractivity (Wildman–Crippen MR) is 117 cm³/mol. The maximum atomic E-state index is 13.1. The number of rotatable bonds is 6. The molecule has 1 atom stereocenters. The number of aromatic nitrogens is 2. The van der Waals surface area contributed by atoms with Crippen molar-refractivity contribution in [3.63, 3.8) is 0 Å². The van der Waals surface area contributed by atoms with E-state index in [1.54, 1.807) is 31.3 Å². The Kier molecular flexibility index (Phi) is 6.34. The van der Waals surface area contributed by atoms with Crippen molar-refractivity contribution in [3.8, 4) is 11.5 Å². The molecule has 4 rings (SSSR count). The minimum absolute atomic E-state index is 0.0377. The summed E-state index contributed by atoms with van der Waals surface area (Å²) in [6, 6.07) is 5.35. The second-order valence-electron chi connectivity index (χ2n) is 8.69. The van der Waals surface area contributed by atoms with E-state index in [-0.39, 0.29) is 36.0 Å². The van der Waals surface area contributed by atoms with Gasteiger partial charge < -0.3 is 23.8 Å². The fourth-order valence-corrected chi connectivity index (χ4v) is 4.38. The average Bonchev–Trinajstić information content (AvgIpc) is 3.46. The first-order valence-corrected chi connectivity index (χ1v) is 11.1. The van der Waals surface area contributed by atoms with Crippen LogP contribution in [-0.2, 0) is 9.59 Å². The van der Waals surface area contributed by atoms with Gasteiger partial charge in [-0.2, -0.15) is 4.98 Å². The largest absolute Gasteiger partial charge is 0.493 e. The standard InChI is InChI=1S/C23H30N4O5/c1-14(2)22-24-21(25-32-22)15-7-9-26(10-8-15)23(29)16-11-20(28)27(13-16)17-5-6-18(30-3)19(12-17)31-4/h5-6,12,14-16H,7-11,13H2,1-4H3. The normalized spacial score (nSPS) is 19.7. The number of hydrogen-bond acceptors (Lipinski definition) is 7. The third kappa shape index (κ3) is 4.28. The van der Waals surface area contributed by atoms with E-state index in [1.165, 1.54) is 0 Å². The Labute approximate surface area is 187 Å². The first kappa shape index (κ1) is 22.1. The Morgan fingerprint density at radius 1 is 1.16 bits per heavy atom. The van der Waals surface area contributed by atoms with Crippen LogP contribution in [0.2, 0.25) is 0 Å². The molecule has 2 aliphatic rings. The van der Waals surface area contributed by atoms with Crippen molar-refractivity contribution in [2.75, 3.05) is 38.8 Å². The molecule has 1 aromatic carbocycles. The number of carbonyl (C=O) groups is 2. The molecule has 9 nitrogen and oxygen atoms in total. The molecule has 0 spiro atoms. The van der Waals surface area contributed by atoms with E-state index in [0.717, 1.165) is 18.7 Å². The molecule has 2 saturated heterocycles. The van der Waals surface area contributed by atoms with Crippen LogP contribution in [0.15, 0.2) is 22.7 Å². The quantitative estimate of drug-likeness (QED) is 0.678. The monoisotopic (exact) mass is 442 g/mol. The van der Waals surface area contributed by atoms with Gasteiger partial charge in [-0.05, 0) is 25.0 Å². The number of hydrogen-bond donors (Lipinski definition) is 0. The zero-order chi connectivity index (χ0) is 22.8. The van der Waals surface area contributed by atoms with Crippen molar-refractivity contribution >= 4 is 17.5 Å². The van der Waals surface area contributed by atoms with Crippen molar-refractivity contribution in [1.29, 1.82) is 0 Å². The zero-order valence-electron chi connectivity index (χ0n) is 19.0. The SMILES string of the molecule is COc1ccc(N2CC(C(=O)N3CCC(c4noc(C(C)C)n4)CC3)CC2=O)cc1OC. The molecular weight excluding hydrogens is 412 g/mol. The molecule has 2 aromatic rings. The fraction of sp³-hybridized carbons (Fsp3) is 0.565. The highest BCUT2D eigenvalue weighted by Gasteiger charge is 2.38. The van der Waals surface area contributed by atoms with E-state index in [2.05, 4.69) is 10.1 Å². The lowest BCUT2D eigenvalue weighted by molar-refractivity contribution is -0.136. The summed E-state index contributed by atoms with van der Waals surface area (Å²) in [5, 5.41) is 4.13. The Morgan fingerprint density at radius 3 is 2.50 bits per heavy atom. The van der Waals surface area contributed by atoms with E-state index in [1.807, 2.05) is 24.8 Å². The smallest absolute Gasteiger partial charge is 0.229 e. The number of methoxy groups -OCH3 is 2. The van der Waals surface area contributed by atoms with Gasteiger partial charge in [0.2, 0.25) is 17.7 Å². The van der Waals surface area contributed by atoms with Gasteiger partial charge >= 0.3 is 0 Å². The van der Waals surface area contributed by atoms with E-state index in [9.17, 15) is 9.59 Å². The summed E-state index contributed by atoms with van der Waals surface area (Å²) in [7, 11) is 3.12. The lowest BCUT2D eigenvalue weighted by Crippen LogP contribution is -2.42. The molecule has 0 N–H and O–H groups in total. The lowest BCUT2D eigenvalue weighted by Gasteiger charge is -2.32. The molecule has 0 radical (unpaired) electrons. The molecule has 1 unspecified atom stereocenters. The van der Waals surface area contributed by atoms with Gasteiger partial charge in [-0.1, -0.05) is 19.0 Å². The first-order valence-electron chi connectivity index (χ1n) is 11.1. The van der Waals surface area contributed by atoms with Crippen molar-refractivity contribution < 1.29 is 23.6 Å². The van der Waals surface area contributed by atoms with Gasteiger partial charge in [0, 0.05) is 49.6 Å². The minimum Gasteiger partial charge on any atom is -0.493 e. The van der Waals surface area contributed by atoms with Gasteiger partial charge in [0.1, 0.15) is 0 Å². The third-order valence-corrected chi connectivity index (χ3v) is 6.28. The highest BCUT2D eigenvalue weighted by Crippen LogP contribution is 2.35. The lowest BCUT2D eigenvalue weighted by atomic mass is 9.95. The highest BCUT2D eigenvalue weighted by molar-refractivity contribution is 6.00. The number of carbonyl (C=O) groups excluding carboxylic acids is 2. The maximum Gasteiger partial charge on any atom is 0.229 e. The summed E-state index contributed by atoms with van der Waals surface area (Å²) >= 11 is 0. The van der Waals surface area contributed by atoms with Crippen molar-refractivity contribution in [3.05, 3.63) is 29.9 Å². The molecular formula is C23H30N4O5. The highest BCUT2D eigenvalue weighted by atomic mass is 16.5. The van der Waals surface area contributed by atoms with Crippen molar-refractivity contribution in [2.24, 2.45) is 5.92 Å². The van der Waals surface area contributed by atoms with E-state index >= 15 is 0 Å².